The maximum Gasteiger partial charge on any atom is 0.334 e. The lowest BCUT2D eigenvalue weighted by Crippen LogP contribution is -2.52. The van der Waals surface area contributed by atoms with Gasteiger partial charge in [0.1, 0.15) is 0 Å². The molecule has 2 N–H and O–H groups in total. The summed E-state index contributed by atoms with van der Waals surface area (Å²) in [5, 5.41) is 11.8. The van der Waals surface area contributed by atoms with E-state index in [0.29, 0.717) is 30.8 Å². The highest BCUT2D eigenvalue weighted by Crippen LogP contribution is 2.19. The number of aliphatic carboxylic acids is 1. The van der Waals surface area contributed by atoms with Crippen molar-refractivity contribution < 1.29 is 19.4 Å². The molecule has 0 spiro atoms. The molecule has 1 heterocycles. The summed E-state index contributed by atoms with van der Waals surface area (Å²) in [6.07, 6.45) is -0.916. The Hall–Kier alpha value is -1.30. The minimum Gasteiger partial charge on any atom is -0.479 e. The molecule has 2 amide bonds. The number of urea groups is 1. The second-order valence-electron chi connectivity index (χ2n) is 5.98. The smallest absolute Gasteiger partial charge is 0.334 e. The van der Waals surface area contributed by atoms with Crippen LogP contribution in [-0.2, 0) is 9.53 Å². The van der Waals surface area contributed by atoms with Gasteiger partial charge >= 0.3 is 12.0 Å². The van der Waals surface area contributed by atoms with Gasteiger partial charge < -0.3 is 20.1 Å². The first-order valence-corrected chi connectivity index (χ1v) is 7.20. The number of carbonyl (C=O) groups excluding carboxylic acids is 1. The standard InChI is InChI=1S/C14H26N2O4/c1-9(2)11(10(3)4)7-15-14(19)16-5-6-20-12(8-16)13(17)18/h9-12H,5-8H2,1-4H3,(H,15,19)(H,17,18). The third-order valence-electron chi connectivity index (χ3n) is 3.83. The molecule has 0 aromatic carbocycles. The average molecular weight is 286 g/mol. The van der Waals surface area contributed by atoms with Gasteiger partial charge in [0.05, 0.1) is 13.2 Å². The van der Waals surface area contributed by atoms with Crippen molar-refractivity contribution in [3.8, 4) is 0 Å². The molecule has 6 nitrogen and oxygen atoms in total. The molecule has 0 radical (unpaired) electrons. The Morgan fingerprint density at radius 2 is 1.90 bits per heavy atom. The van der Waals surface area contributed by atoms with Crippen LogP contribution in [0.15, 0.2) is 0 Å². The second kappa shape index (κ2) is 7.47. The number of amides is 2. The zero-order chi connectivity index (χ0) is 15.3. The van der Waals surface area contributed by atoms with Crippen molar-refractivity contribution in [2.75, 3.05) is 26.2 Å². The first-order chi connectivity index (χ1) is 9.32. The van der Waals surface area contributed by atoms with E-state index in [4.69, 9.17) is 9.84 Å². The van der Waals surface area contributed by atoms with E-state index < -0.39 is 12.1 Å². The lowest BCUT2D eigenvalue weighted by molar-refractivity contribution is -0.154. The molecule has 1 atom stereocenters. The first-order valence-electron chi connectivity index (χ1n) is 7.20. The van der Waals surface area contributed by atoms with Gasteiger partial charge in [-0.1, -0.05) is 27.7 Å². The minimum absolute atomic E-state index is 0.106. The fourth-order valence-electron chi connectivity index (χ4n) is 2.54. The predicted octanol–water partition coefficient (Wildman–Crippen LogP) is 1.41. The number of morpholine rings is 1. The molecule has 1 fully saturated rings. The largest absolute Gasteiger partial charge is 0.479 e. The van der Waals surface area contributed by atoms with Gasteiger partial charge in [-0.3, -0.25) is 0 Å². The van der Waals surface area contributed by atoms with E-state index in [2.05, 4.69) is 33.0 Å². The average Bonchev–Trinajstić information content (AvgIpc) is 2.38. The van der Waals surface area contributed by atoms with E-state index in [1.54, 1.807) is 0 Å². The molecule has 0 saturated carbocycles. The maximum atomic E-state index is 12.1. The second-order valence-corrected chi connectivity index (χ2v) is 5.98. The first kappa shape index (κ1) is 16.8. The van der Waals surface area contributed by atoms with Crippen LogP contribution >= 0.6 is 0 Å². The summed E-state index contributed by atoms with van der Waals surface area (Å²) in [4.78, 5) is 24.5. The summed E-state index contributed by atoms with van der Waals surface area (Å²) in [6.45, 7) is 10.0. The molecular weight excluding hydrogens is 260 g/mol. The van der Waals surface area contributed by atoms with Crippen LogP contribution < -0.4 is 5.32 Å². The number of hydrogen-bond acceptors (Lipinski definition) is 3. The lowest BCUT2D eigenvalue weighted by Gasteiger charge is -2.32. The minimum atomic E-state index is -1.02. The highest BCUT2D eigenvalue weighted by atomic mass is 16.5. The van der Waals surface area contributed by atoms with Crippen LogP contribution in [0.5, 0.6) is 0 Å². The summed E-state index contributed by atoms with van der Waals surface area (Å²) < 4.78 is 5.10. The monoisotopic (exact) mass is 286 g/mol. The number of nitrogens with zero attached hydrogens (tertiary/aromatic N) is 1. The number of hydrogen-bond donors (Lipinski definition) is 2. The fourth-order valence-corrected chi connectivity index (χ4v) is 2.54. The summed E-state index contributed by atoms with van der Waals surface area (Å²) >= 11 is 0. The van der Waals surface area contributed by atoms with Crippen molar-refractivity contribution in [1.29, 1.82) is 0 Å². The highest BCUT2D eigenvalue weighted by molar-refractivity contribution is 5.77. The summed E-state index contributed by atoms with van der Waals surface area (Å²) in [7, 11) is 0. The van der Waals surface area contributed by atoms with Gasteiger partial charge in [0.15, 0.2) is 6.10 Å². The molecule has 6 heteroatoms. The van der Waals surface area contributed by atoms with E-state index in [1.807, 2.05) is 0 Å². The molecule has 1 aliphatic rings. The quantitative estimate of drug-likeness (QED) is 0.801. The number of ether oxygens (including phenoxy) is 1. The maximum absolute atomic E-state index is 12.1. The Morgan fingerprint density at radius 3 is 2.40 bits per heavy atom. The topological polar surface area (TPSA) is 78.9 Å². The molecule has 1 unspecified atom stereocenters. The third kappa shape index (κ3) is 4.67. The van der Waals surface area contributed by atoms with Gasteiger partial charge in [0, 0.05) is 13.1 Å². The zero-order valence-electron chi connectivity index (χ0n) is 12.8. The Labute approximate surface area is 120 Å². The van der Waals surface area contributed by atoms with E-state index in [0.717, 1.165) is 0 Å². The third-order valence-corrected chi connectivity index (χ3v) is 3.83. The van der Waals surface area contributed by atoms with Crippen LogP contribution in [0.4, 0.5) is 4.79 Å². The molecule has 116 valence electrons. The van der Waals surface area contributed by atoms with Gasteiger partial charge in [-0.25, -0.2) is 9.59 Å². The van der Waals surface area contributed by atoms with Crippen molar-refractivity contribution in [2.45, 2.75) is 33.8 Å². The number of carbonyl (C=O) groups is 2. The normalized spacial score (nSPS) is 19.8. The molecule has 1 aliphatic heterocycles. The van der Waals surface area contributed by atoms with Crippen LogP contribution in [0.3, 0.4) is 0 Å². The van der Waals surface area contributed by atoms with Crippen LogP contribution in [-0.4, -0.2) is 54.4 Å². The van der Waals surface area contributed by atoms with Gasteiger partial charge in [0.25, 0.3) is 0 Å². The van der Waals surface area contributed by atoms with Gasteiger partial charge in [-0.15, -0.1) is 0 Å². The SMILES string of the molecule is CC(C)C(CNC(=O)N1CCOC(C(=O)O)C1)C(C)C. The fraction of sp³-hybridized carbons (Fsp3) is 0.857. The van der Waals surface area contributed by atoms with Crippen LogP contribution in [0, 0.1) is 17.8 Å². The van der Waals surface area contributed by atoms with E-state index >= 15 is 0 Å². The van der Waals surface area contributed by atoms with Gasteiger partial charge in [0.2, 0.25) is 0 Å². The van der Waals surface area contributed by atoms with Crippen molar-refractivity contribution >= 4 is 12.0 Å². The summed E-state index contributed by atoms with van der Waals surface area (Å²) in [5.74, 6) is 0.374. The Balaban J connectivity index is 2.47. The summed E-state index contributed by atoms with van der Waals surface area (Å²) in [5.41, 5.74) is 0. The number of rotatable bonds is 5. The Morgan fingerprint density at radius 1 is 1.30 bits per heavy atom. The van der Waals surface area contributed by atoms with Crippen molar-refractivity contribution in [3.05, 3.63) is 0 Å². The predicted molar refractivity (Wildman–Crippen MR) is 75.5 cm³/mol. The Kier molecular flexibility index (Phi) is 6.26. The Bertz CT molecular complexity index is 336. The zero-order valence-corrected chi connectivity index (χ0v) is 12.8. The highest BCUT2D eigenvalue weighted by Gasteiger charge is 2.29. The number of carboxylic acid groups (broad SMARTS) is 1. The molecule has 1 saturated heterocycles. The van der Waals surface area contributed by atoms with Crippen LogP contribution in [0.25, 0.3) is 0 Å². The molecule has 0 aliphatic carbocycles. The number of nitrogens with one attached hydrogen (secondary N) is 1. The van der Waals surface area contributed by atoms with Gasteiger partial charge in [-0.05, 0) is 17.8 Å². The van der Waals surface area contributed by atoms with E-state index in [9.17, 15) is 9.59 Å². The van der Waals surface area contributed by atoms with Gasteiger partial charge in [-0.2, -0.15) is 0 Å². The summed E-state index contributed by atoms with van der Waals surface area (Å²) in [6, 6.07) is -0.203. The van der Waals surface area contributed by atoms with Crippen molar-refractivity contribution in [1.82, 2.24) is 10.2 Å². The van der Waals surface area contributed by atoms with Crippen molar-refractivity contribution in [2.24, 2.45) is 17.8 Å². The molecular formula is C14H26N2O4. The van der Waals surface area contributed by atoms with E-state index in [1.165, 1.54) is 4.90 Å². The number of carboxylic acids is 1. The lowest BCUT2D eigenvalue weighted by atomic mass is 9.85. The van der Waals surface area contributed by atoms with Crippen LogP contribution in [0.2, 0.25) is 0 Å². The van der Waals surface area contributed by atoms with E-state index in [-0.39, 0.29) is 19.2 Å². The molecule has 0 bridgehead atoms. The molecule has 1 rings (SSSR count). The van der Waals surface area contributed by atoms with Crippen molar-refractivity contribution in [3.63, 3.8) is 0 Å². The molecule has 0 aromatic heterocycles. The molecule has 0 aromatic rings. The van der Waals surface area contributed by atoms with Crippen LogP contribution in [0.1, 0.15) is 27.7 Å². The molecule has 20 heavy (non-hydrogen) atoms.